The van der Waals surface area contributed by atoms with E-state index in [1.807, 2.05) is 4.90 Å². The molecule has 2 amide bonds. The number of hydrogen-bond donors (Lipinski definition) is 1. The smallest absolute Gasteiger partial charge is 0.289 e. The van der Waals surface area contributed by atoms with E-state index in [4.69, 9.17) is 10.2 Å². The molecule has 0 bridgehead atoms. The van der Waals surface area contributed by atoms with Gasteiger partial charge in [-0.2, -0.15) is 0 Å². The zero-order chi connectivity index (χ0) is 15.5. The van der Waals surface area contributed by atoms with Crippen LogP contribution in [0.25, 0.3) is 0 Å². The molecule has 3 rings (SSSR count). The summed E-state index contributed by atoms with van der Waals surface area (Å²) < 4.78 is 5.14. The first-order valence-electron chi connectivity index (χ1n) is 8.02. The van der Waals surface area contributed by atoms with Crippen molar-refractivity contribution in [3.63, 3.8) is 0 Å². The fourth-order valence-electron chi connectivity index (χ4n) is 3.40. The number of piperazine rings is 1. The Morgan fingerprint density at radius 1 is 1.13 bits per heavy atom. The molecule has 1 aliphatic heterocycles. The first-order chi connectivity index (χ1) is 10.6. The summed E-state index contributed by atoms with van der Waals surface area (Å²) in [5, 5.41) is 0. The first kappa shape index (κ1) is 17.8. The molecule has 2 aliphatic rings. The van der Waals surface area contributed by atoms with Gasteiger partial charge in [-0.05, 0) is 31.4 Å². The molecule has 1 saturated heterocycles. The van der Waals surface area contributed by atoms with Crippen molar-refractivity contribution in [3.05, 3.63) is 24.2 Å². The molecule has 128 valence electrons. The molecule has 2 fully saturated rings. The molecule has 1 aliphatic carbocycles. The van der Waals surface area contributed by atoms with E-state index in [0.717, 1.165) is 25.7 Å². The number of furan rings is 1. The Balaban J connectivity index is 0.00000192. The molecular formula is C16H24ClN3O3. The lowest BCUT2D eigenvalue weighted by atomic mass is 9.85. The van der Waals surface area contributed by atoms with Crippen molar-refractivity contribution in [2.75, 3.05) is 26.2 Å². The van der Waals surface area contributed by atoms with Crippen LogP contribution < -0.4 is 5.73 Å². The zero-order valence-electron chi connectivity index (χ0n) is 13.1. The normalized spacial score (nSPS) is 24.9. The highest BCUT2D eigenvalue weighted by molar-refractivity contribution is 5.91. The Labute approximate surface area is 142 Å². The maximum Gasteiger partial charge on any atom is 0.289 e. The lowest BCUT2D eigenvalue weighted by Crippen LogP contribution is -2.52. The third-order valence-corrected chi connectivity index (χ3v) is 4.67. The average molecular weight is 342 g/mol. The van der Waals surface area contributed by atoms with Gasteiger partial charge in [-0.15, -0.1) is 12.4 Å². The second-order valence-electron chi connectivity index (χ2n) is 6.22. The van der Waals surface area contributed by atoms with Gasteiger partial charge in [-0.1, -0.05) is 6.42 Å². The van der Waals surface area contributed by atoms with Gasteiger partial charge in [0, 0.05) is 38.1 Å². The van der Waals surface area contributed by atoms with Crippen molar-refractivity contribution in [3.8, 4) is 0 Å². The van der Waals surface area contributed by atoms with Gasteiger partial charge in [0.1, 0.15) is 0 Å². The highest BCUT2D eigenvalue weighted by Gasteiger charge is 2.32. The summed E-state index contributed by atoms with van der Waals surface area (Å²) in [5.74, 6) is 0.533. The minimum absolute atomic E-state index is 0. The van der Waals surface area contributed by atoms with Crippen LogP contribution in [0.2, 0.25) is 0 Å². The van der Waals surface area contributed by atoms with Crippen LogP contribution in [0, 0.1) is 5.92 Å². The Bertz CT molecular complexity index is 527. The minimum atomic E-state index is -0.100. The molecule has 2 N–H and O–H groups in total. The fraction of sp³-hybridized carbons (Fsp3) is 0.625. The van der Waals surface area contributed by atoms with Gasteiger partial charge in [0.2, 0.25) is 5.91 Å². The molecule has 2 heterocycles. The number of nitrogens with two attached hydrogens (primary N) is 1. The van der Waals surface area contributed by atoms with Crippen molar-refractivity contribution in [1.29, 1.82) is 0 Å². The topological polar surface area (TPSA) is 79.8 Å². The van der Waals surface area contributed by atoms with Crippen LogP contribution >= 0.6 is 12.4 Å². The van der Waals surface area contributed by atoms with Crippen LogP contribution in [-0.4, -0.2) is 53.8 Å². The number of rotatable bonds is 2. The molecule has 6 nitrogen and oxygen atoms in total. The van der Waals surface area contributed by atoms with E-state index in [1.54, 1.807) is 17.0 Å². The van der Waals surface area contributed by atoms with E-state index < -0.39 is 0 Å². The number of carbonyl (C=O) groups excluding carboxylic acids is 2. The van der Waals surface area contributed by atoms with Gasteiger partial charge in [0.25, 0.3) is 5.91 Å². The number of carbonyl (C=O) groups is 2. The number of nitrogens with zero attached hydrogens (tertiary/aromatic N) is 2. The molecule has 1 saturated carbocycles. The van der Waals surface area contributed by atoms with Crippen LogP contribution in [0.15, 0.2) is 22.8 Å². The van der Waals surface area contributed by atoms with Gasteiger partial charge < -0.3 is 20.0 Å². The Hall–Kier alpha value is -1.53. The summed E-state index contributed by atoms with van der Waals surface area (Å²) in [6, 6.07) is 3.53. The van der Waals surface area contributed by atoms with E-state index in [-0.39, 0.29) is 36.2 Å². The van der Waals surface area contributed by atoms with Gasteiger partial charge in [-0.25, -0.2) is 0 Å². The van der Waals surface area contributed by atoms with Gasteiger partial charge in [0.05, 0.1) is 6.26 Å². The van der Waals surface area contributed by atoms with Gasteiger partial charge in [-0.3, -0.25) is 9.59 Å². The predicted octanol–water partition coefficient (Wildman–Crippen LogP) is 1.50. The third kappa shape index (κ3) is 4.06. The first-order valence-corrected chi connectivity index (χ1v) is 8.02. The maximum atomic E-state index is 12.6. The molecular weight excluding hydrogens is 318 g/mol. The molecule has 0 spiro atoms. The number of halogens is 1. The molecule has 7 heteroatoms. The molecule has 0 radical (unpaired) electrons. The largest absolute Gasteiger partial charge is 0.459 e. The molecule has 0 aromatic carbocycles. The number of hydrogen-bond acceptors (Lipinski definition) is 4. The summed E-state index contributed by atoms with van der Waals surface area (Å²) >= 11 is 0. The second kappa shape index (κ2) is 7.84. The van der Waals surface area contributed by atoms with E-state index in [1.165, 1.54) is 6.26 Å². The van der Waals surface area contributed by atoms with Crippen molar-refractivity contribution in [2.24, 2.45) is 11.7 Å². The Morgan fingerprint density at radius 2 is 1.83 bits per heavy atom. The van der Waals surface area contributed by atoms with E-state index in [9.17, 15) is 9.59 Å². The minimum Gasteiger partial charge on any atom is -0.459 e. The predicted molar refractivity (Wildman–Crippen MR) is 88.4 cm³/mol. The number of amides is 2. The highest BCUT2D eigenvalue weighted by Crippen LogP contribution is 2.25. The Kier molecular flexibility index (Phi) is 6.07. The zero-order valence-corrected chi connectivity index (χ0v) is 14.0. The third-order valence-electron chi connectivity index (χ3n) is 4.67. The fourth-order valence-corrected chi connectivity index (χ4v) is 3.40. The summed E-state index contributed by atoms with van der Waals surface area (Å²) in [6.07, 6.45) is 5.30. The summed E-state index contributed by atoms with van der Waals surface area (Å²) in [7, 11) is 0. The highest BCUT2D eigenvalue weighted by atomic mass is 35.5. The lowest BCUT2D eigenvalue weighted by molar-refractivity contribution is -0.138. The van der Waals surface area contributed by atoms with Crippen LogP contribution in [-0.2, 0) is 4.79 Å². The summed E-state index contributed by atoms with van der Waals surface area (Å²) in [5.41, 5.74) is 5.97. The van der Waals surface area contributed by atoms with E-state index in [0.29, 0.717) is 31.9 Å². The summed E-state index contributed by atoms with van der Waals surface area (Å²) in [6.45, 7) is 2.31. The van der Waals surface area contributed by atoms with E-state index in [2.05, 4.69) is 0 Å². The Morgan fingerprint density at radius 3 is 2.43 bits per heavy atom. The second-order valence-corrected chi connectivity index (χ2v) is 6.22. The molecule has 2 unspecified atom stereocenters. The van der Waals surface area contributed by atoms with E-state index >= 15 is 0 Å². The van der Waals surface area contributed by atoms with Crippen LogP contribution in [0.5, 0.6) is 0 Å². The maximum absolute atomic E-state index is 12.6. The van der Waals surface area contributed by atoms with Crippen molar-refractivity contribution >= 4 is 24.2 Å². The molecule has 2 atom stereocenters. The SMILES string of the molecule is Cl.NC1CCCC(C(=O)N2CCN(C(=O)c3ccco3)CC2)C1. The monoisotopic (exact) mass is 341 g/mol. The van der Waals surface area contributed by atoms with Crippen LogP contribution in [0.1, 0.15) is 36.2 Å². The van der Waals surface area contributed by atoms with Crippen LogP contribution in [0.4, 0.5) is 0 Å². The average Bonchev–Trinajstić information content (AvgIpc) is 3.08. The van der Waals surface area contributed by atoms with Gasteiger partial charge in [0.15, 0.2) is 5.76 Å². The molecule has 1 aromatic heterocycles. The molecule has 1 aromatic rings. The van der Waals surface area contributed by atoms with Gasteiger partial charge >= 0.3 is 0 Å². The summed E-state index contributed by atoms with van der Waals surface area (Å²) in [4.78, 5) is 28.4. The lowest BCUT2D eigenvalue weighted by Gasteiger charge is -2.37. The van der Waals surface area contributed by atoms with Crippen molar-refractivity contribution in [2.45, 2.75) is 31.7 Å². The van der Waals surface area contributed by atoms with Crippen LogP contribution in [0.3, 0.4) is 0 Å². The van der Waals surface area contributed by atoms with Crippen molar-refractivity contribution < 1.29 is 14.0 Å². The quantitative estimate of drug-likeness (QED) is 0.884. The standard InChI is InChI=1S/C16H23N3O3.ClH/c17-13-4-1-3-12(11-13)15(20)18-6-8-19(9-7-18)16(21)14-5-2-10-22-14;/h2,5,10,12-13H,1,3-4,6-9,11,17H2;1H. The van der Waals surface area contributed by atoms with Crippen molar-refractivity contribution in [1.82, 2.24) is 9.80 Å². The molecule has 23 heavy (non-hydrogen) atoms.